The van der Waals surface area contributed by atoms with E-state index in [4.69, 9.17) is 0 Å². The first-order valence-corrected chi connectivity index (χ1v) is 11.9. The largest absolute Gasteiger partial charge is 0.338 e. The molecule has 3 heterocycles. The van der Waals surface area contributed by atoms with Gasteiger partial charge in [0.2, 0.25) is 0 Å². The lowest BCUT2D eigenvalue weighted by Crippen LogP contribution is -2.28. The molecule has 0 bridgehead atoms. The zero-order valence-corrected chi connectivity index (χ0v) is 19.2. The molecule has 4 aromatic rings. The van der Waals surface area contributed by atoms with Gasteiger partial charge in [-0.05, 0) is 55.7 Å². The number of aryl methyl sites for hydroxylation is 1. The molecule has 0 aliphatic heterocycles. The molecule has 2 N–H and O–H groups in total. The number of urea groups is 1. The Labute approximate surface area is 192 Å². The van der Waals surface area contributed by atoms with Crippen LogP contribution >= 0.6 is 11.3 Å². The number of hydrogen-bond donors (Lipinski definition) is 2. The average molecular weight is 446 g/mol. The highest BCUT2D eigenvalue weighted by Crippen LogP contribution is 2.38. The summed E-state index contributed by atoms with van der Waals surface area (Å²) in [4.78, 5) is 25.9. The normalized spacial score (nSPS) is 10.9. The number of benzene rings is 1. The number of unbranched alkanes of at least 4 members (excludes halogenated alkanes) is 2. The fourth-order valence-corrected chi connectivity index (χ4v) is 4.53. The monoisotopic (exact) mass is 445 g/mol. The van der Waals surface area contributed by atoms with Gasteiger partial charge in [0.1, 0.15) is 0 Å². The quantitative estimate of drug-likeness (QED) is 0.312. The van der Waals surface area contributed by atoms with Crippen molar-refractivity contribution in [3.8, 4) is 22.4 Å². The van der Waals surface area contributed by atoms with E-state index in [9.17, 15) is 4.79 Å². The molecule has 0 fully saturated rings. The van der Waals surface area contributed by atoms with Crippen molar-refractivity contribution >= 4 is 32.7 Å². The minimum absolute atomic E-state index is 0.256. The highest BCUT2D eigenvalue weighted by molar-refractivity contribution is 7.22. The molecule has 0 saturated heterocycles. The van der Waals surface area contributed by atoms with Gasteiger partial charge in [-0.1, -0.05) is 43.2 Å². The standard InChI is InChI=1S/C25H27N5OS/c1-3-5-6-9-19-12-11-17(16-28-19)18-14-20(21-10-7-8-13-27-21)23-22(15-18)29-25(32-23)30-24(31)26-4-2/h7-8,10-16H,3-6,9H2,1-2H3,(H2,26,29,30,31). The topological polar surface area (TPSA) is 79.8 Å². The molecule has 4 rings (SSSR count). The lowest BCUT2D eigenvalue weighted by atomic mass is 10.0. The molecule has 0 spiro atoms. The van der Waals surface area contributed by atoms with Crippen molar-refractivity contribution in [2.75, 3.05) is 11.9 Å². The highest BCUT2D eigenvalue weighted by atomic mass is 32.1. The summed E-state index contributed by atoms with van der Waals surface area (Å²) in [5.41, 5.74) is 5.88. The van der Waals surface area contributed by atoms with Gasteiger partial charge in [0.15, 0.2) is 5.13 Å². The van der Waals surface area contributed by atoms with Crippen LogP contribution in [-0.2, 0) is 6.42 Å². The van der Waals surface area contributed by atoms with Crippen molar-refractivity contribution in [3.05, 3.63) is 60.6 Å². The molecule has 164 valence electrons. The fourth-order valence-electron chi connectivity index (χ4n) is 3.57. The Balaban J connectivity index is 1.72. The minimum Gasteiger partial charge on any atom is -0.338 e. The predicted octanol–water partition coefficient (Wildman–Crippen LogP) is 6.29. The molecule has 0 atom stereocenters. The molecule has 0 unspecified atom stereocenters. The number of thiazole rings is 1. The van der Waals surface area contributed by atoms with Crippen molar-refractivity contribution in [2.45, 2.75) is 39.5 Å². The van der Waals surface area contributed by atoms with Crippen LogP contribution in [0.4, 0.5) is 9.93 Å². The lowest BCUT2D eigenvalue weighted by molar-refractivity contribution is 0.252. The first-order chi connectivity index (χ1) is 15.7. The molecule has 6 nitrogen and oxygen atoms in total. The number of hydrogen-bond acceptors (Lipinski definition) is 5. The van der Waals surface area contributed by atoms with Crippen LogP contribution in [0.5, 0.6) is 0 Å². The molecule has 2 amide bonds. The maximum atomic E-state index is 12.0. The van der Waals surface area contributed by atoms with E-state index in [0.29, 0.717) is 11.7 Å². The Morgan fingerprint density at radius 1 is 1.03 bits per heavy atom. The van der Waals surface area contributed by atoms with Crippen LogP contribution in [0, 0.1) is 0 Å². The molecule has 0 radical (unpaired) electrons. The number of aromatic nitrogens is 3. The van der Waals surface area contributed by atoms with Crippen molar-refractivity contribution in [2.24, 2.45) is 0 Å². The van der Waals surface area contributed by atoms with E-state index in [0.717, 1.165) is 44.7 Å². The highest BCUT2D eigenvalue weighted by Gasteiger charge is 2.15. The lowest BCUT2D eigenvalue weighted by Gasteiger charge is -2.08. The Morgan fingerprint density at radius 3 is 2.66 bits per heavy atom. The van der Waals surface area contributed by atoms with E-state index in [1.165, 1.54) is 30.6 Å². The number of pyridine rings is 2. The summed E-state index contributed by atoms with van der Waals surface area (Å²) < 4.78 is 0.989. The smallest absolute Gasteiger partial charge is 0.321 e. The van der Waals surface area contributed by atoms with Gasteiger partial charge in [0.25, 0.3) is 0 Å². The van der Waals surface area contributed by atoms with E-state index in [-0.39, 0.29) is 6.03 Å². The number of carbonyl (C=O) groups is 1. The summed E-state index contributed by atoms with van der Waals surface area (Å²) in [6.45, 7) is 4.65. The van der Waals surface area contributed by atoms with Gasteiger partial charge >= 0.3 is 6.03 Å². The molecular formula is C25H27N5OS. The molecule has 7 heteroatoms. The summed E-state index contributed by atoms with van der Waals surface area (Å²) in [6, 6.07) is 14.0. The van der Waals surface area contributed by atoms with Gasteiger partial charge in [-0.2, -0.15) is 0 Å². The maximum absolute atomic E-state index is 12.0. The minimum atomic E-state index is -0.256. The predicted molar refractivity (Wildman–Crippen MR) is 132 cm³/mol. The molecule has 3 aromatic heterocycles. The van der Waals surface area contributed by atoms with Gasteiger partial charge in [-0.3, -0.25) is 15.3 Å². The van der Waals surface area contributed by atoms with Crippen LogP contribution in [0.3, 0.4) is 0 Å². The number of anilines is 1. The molecule has 0 aliphatic rings. The van der Waals surface area contributed by atoms with Gasteiger partial charge in [0, 0.05) is 35.8 Å². The zero-order valence-electron chi connectivity index (χ0n) is 18.4. The Kier molecular flexibility index (Phi) is 7.07. The molecular weight excluding hydrogens is 418 g/mol. The fraction of sp³-hybridized carbons (Fsp3) is 0.280. The molecule has 1 aromatic carbocycles. The van der Waals surface area contributed by atoms with Crippen LogP contribution in [0.2, 0.25) is 0 Å². The summed E-state index contributed by atoms with van der Waals surface area (Å²) >= 11 is 1.45. The Hall–Kier alpha value is -3.32. The third-order valence-electron chi connectivity index (χ3n) is 5.18. The van der Waals surface area contributed by atoms with Crippen LogP contribution in [0.25, 0.3) is 32.6 Å². The summed E-state index contributed by atoms with van der Waals surface area (Å²) in [5.74, 6) is 0. The van der Waals surface area contributed by atoms with Gasteiger partial charge in [-0.15, -0.1) is 0 Å². The van der Waals surface area contributed by atoms with Crippen molar-refractivity contribution in [3.63, 3.8) is 0 Å². The molecule has 0 aliphatic carbocycles. The van der Waals surface area contributed by atoms with Crippen molar-refractivity contribution in [1.29, 1.82) is 0 Å². The number of nitrogens with zero attached hydrogens (tertiary/aromatic N) is 3. The summed E-state index contributed by atoms with van der Waals surface area (Å²) in [5, 5.41) is 6.13. The van der Waals surface area contributed by atoms with E-state index in [1.807, 2.05) is 31.3 Å². The van der Waals surface area contributed by atoms with E-state index >= 15 is 0 Å². The van der Waals surface area contributed by atoms with Crippen LogP contribution < -0.4 is 10.6 Å². The third kappa shape index (κ3) is 5.11. The van der Waals surface area contributed by atoms with Crippen LogP contribution in [-0.4, -0.2) is 27.5 Å². The number of amides is 2. The van der Waals surface area contributed by atoms with E-state index < -0.39 is 0 Å². The van der Waals surface area contributed by atoms with Crippen LogP contribution in [0.15, 0.2) is 54.9 Å². The van der Waals surface area contributed by atoms with Crippen molar-refractivity contribution in [1.82, 2.24) is 20.3 Å². The van der Waals surface area contributed by atoms with Gasteiger partial charge in [0.05, 0.1) is 15.9 Å². The van der Waals surface area contributed by atoms with Gasteiger partial charge < -0.3 is 5.32 Å². The number of fused-ring (bicyclic) bond motifs is 1. The van der Waals surface area contributed by atoms with Crippen LogP contribution in [0.1, 0.15) is 38.8 Å². The number of carbonyl (C=O) groups excluding carboxylic acids is 1. The second-order valence-corrected chi connectivity index (χ2v) is 8.58. The second kappa shape index (κ2) is 10.3. The number of rotatable bonds is 8. The molecule has 32 heavy (non-hydrogen) atoms. The SMILES string of the molecule is CCCCCc1ccc(-c2cc(-c3ccccn3)c3sc(NC(=O)NCC)nc3c2)cn1. The van der Waals surface area contributed by atoms with E-state index in [1.54, 1.807) is 6.20 Å². The maximum Gasteiger partial charge on any atom is 0.321 e. The van der Waals surface area contributed by atoms with Gasteiger partial charge in [-0.25, -0.2) is 9.78 Å². The Morgan fingerprint density at radius 2 is 1.94 bits per heavy atom. The summed E-state index contributed by atoms with van der Waals surface area (Å²) in [7, 11) is 0. The summed E-state index contributed by atoms with van der Waals surface area (Å²) in [6.07, 6.45) is 8.33. The molecule has 0 saturated carbocycles. The number of nitrogens with one attached hydrogen (secondary N) is 2. The first kappa shape index (κ1) is 21.9. The van der Waals surface area contributed by atoms with Crippen molar-refractivity contribution < 1.29 is 4.79 Å². The zero-order chi connectivity index (χ0) is 22.3. The van der Waals surface area contributed by atoms with E-state index in [2.05, 4.69) is 56.8 Å². The average Bonchev–Trinajstić information content (AvgIpc) is 3.22. The third-order valence-corrected chi connectivity index (χ3v) is 6.20. The Bertz CT molecular complexity index is 1190. The first-order valence-electron chi connectivity index (χ1n) is 11.0. The second-order valence-electron chi connectivity index (χ2n) is 7.59.